The molecule has 0 bridgehead atoms. The predicted molar refractivity (Wildman–Crippen MR) is 85.0 cm³/mol. The summed E-state index contributed by atoms with van der Waals surface area (Å²) < 4.78 is 0. The van der Waals surface area contributed by atoms with E-state index in [2.05, 4.69) is 62.5 Å². The first-order valence-corrected chi connectivity index (χ1v) is 7.42. The van der Waals surface area contributed by atoms with E-state index in [4.69, 9.17) is 0 Å². The molecule has 0 N–H and O–H groups in total. The van der Waals surface area contributed by atoms with Gasteiger partial charge in [-0.1, -0.05) is 61.1 Å². The lowest BCUT2D eigenvalue weighted by Crippen LogP contribution is -1.97. The molecular weight excluding hydrogens is 228 g/mol. The molecule has 0 aromatic rings. The fourth-order valence-corrected chi connectivity index (χ4v) is 2.56. The molecule has 0 saturated carbocycles. The highest BCUT2D eigenvalue weighted by atomic mass is 14.1. The first-order chi connectivity index (χ1) is 9.33. The van der Waals surface area contributed by atoms with Crippen LogP contribution in [0.2, 0.25) is 0 Å². The van der Waals surface area contributed by atoms with Crippen LogP contribution in [0.5, 0.6) is 0 Å². The third-order valence-electron chi connectivity index (χ3n) is 3.90. The minimum Gasteiger partial charge on any atom is -0.0845 e. The van der Waals surface area contributed by atoms with E-state index in [1.165, 1.54) is 48.0 Å². The topological polar surface area (TPSA) is 0 Å². The minimum absolute atomic E-state index is 1.11. The van der Waals surface area contributed by atoms with Gasteiger partial charge in [0.25, 0.3) is 0 Å². The molecular formula is C19H24. The van der Waals surface area contributed by atoms with Crippen LogP contribution in [0.3, 0.4) is 0 Å². The van der Waals surface area contributed by atoms with Crippen LogP contribution in [0.15, 0.2) is 70.9 Å². The van der Waals surface area contributed by atoms with Crippen molar-refractivity contribution >= 4 is 0 Å². The molecule has 0 spiro atoms. The van der Waals surface area contributed by atoms with Crippen molar-refractivity contribution in [1.82, 2.24) is 0 Å². The van der Waals surface area contributed by atoms with Crippen molar-refractivity contribution in [3.63, 3.8) is 0 Å². The maximum absolute atomic E-state index is 2.31. The lowest BCUT2D eigenvalue weighted by molar-refractivity contribution is 0.881. The van der Waals surface area contributed by atoms with E-state index in [0.717, 1.165) is 6.42 Å². The SMILES string of the molecule is CC=C(C=CC1=CC=C(C2=CC=CCC2)CC1)CC. The number of rotatable bonds is 4. The standard InChI is InChI=1S/C19H24/c1-3-16(4-2)10-11-17-12-14-19(15-13-17)18-8-6-5-7-9-18/h3,5-6,8,10-12,14H,4,7,9,13,15H2,1-2H3. The molecule has 0 nitrogen and oxygen atoms in total. The van der Waals surface area contributed by atoms with Crippen molar-refractivity contribution in [2.24, 2.45) is 0 Å². The zero-order valence-corrected chi connectivity index (χ0v) is 12.2. The third kappa shape index (κ3) is 3.96. The molecule has 0 radical (unpaired) electrons. The molecule has 0 atom stereocenters. The van der Waals surface area contributed by atoms with E-state index < -0.39 is 0 Å². The summed E-state index contributed by atoms with van der Waals surface area (Å²) in [6.07, 6.45) is 23.9. The molecule has 0 fully saturated rings. The molecule has 0 aromatic carbocycles. The number of hydrogen-bond acceptors (Lipinski definition) is 0. The molecule has 100 valence electrons. The van der Waals surface area contributed by atoms with Gasteiger partial charge in [0.05, 0.1) is 0 Å². The number of hydrogen-bond donors (Lipinski definition) is 0. The Morgan fingerprint density at radius 1 is 1.11 bits per heavy atom. The largest absolute Gasteiger partial charge is 0.0845 e. The Labute approximate surface area is 117 Å². The van der Waals surface area contributed by atoms with Crippen LogP contribution in [0.1, 0.15) is 46.0 Å². The second-order valence-corrected chi connectivity index (χ2v) is 5.14. The Morgan fingerprint density at radius 2 is 1.95 bits per heavy atom. The van der Waals surface area contributed by atoms with Crippen molar-refractivity contribution in [3.8, 4) is 0 Å². The molecule has 0 unspecified atom stereocenters. The molecule has 0 aromatic heterocycles. The molecule has 2 rings (SSSR count). The maximum atomic E-state index is 2.31. The van der Waals surface area contributed by atoms with Crippen LogP contribution in [-0.2, 0) is 0 Å². The van der Waals surface area contributed by atoms with Gasteiger partial charge in [-0.3, -0.25) is 0 Å². The second kappa shape index (κ2) is 7.13. The Balaban J connectivity index is 2.04. The van der Waals surface area contributed by atoms with Crippen LogP contribution in [-0.4, -0.2) is 0 Å². The molecule has 19 heavy (non-hydrogen) atoms. The van der Waals surface area contributed by atoms with Gasteiger partial charge >= 0.3 is 0 Å². The molecule has 2 aliphatic rings. The molecule has 0 saturated heterocycles. The van der Waals surface area contributed by atoms with Gasteiger partial charge in [0, 0.05) is 0 Å². The fourth-order valence-electron chi connectivity index (χ4n) is 2.56. The van der Waals surface area contributed by atoms with Crippen LogP contribution >= 0.6 is 0 Å². The van der Waals surface area contributed by atoms with Crippen LogP contribution in [0, 0.1) is 0 Å². The molecule has 0 heteroatoms. The minimum atomic E-state index is 1.11. The smallest absolute Gasteiger partial charge is 0.0236 e. The summed E-state index contributed by atoms with van der Waals surface area (Å²) >= 11 is 0. The quantitative estimate of drug-likeness (QED) is 0.553. The van der Waals surface area contributed by atoms with Gasteiger partial charge < -0.3 is 0 Å². The van der Waals surface area contributed by atoms with Gasteiger partial charge in [-0.05, 0) is 55.7 Å². The predicted octanol–water partition coefficient (Wildman–Crippen LogP) is 5.82. The average Bonchev–Trinajstić information content (AvgIpc) is 2.50. The van der Waals surface area contributed by atoms with E-state index >= 15 is 0 Å². The average molecular weight is 252 g/mol. The van der Waals surface area contributed by atoms with Gasteiger partial charge in [-0.25, -0.2) is 0 Å². The third-order valence-corrected chi connectivity index (χ3v) is 3.90. The van der Waals surface area contributed by atoms with E-state index in [9.17, 15) is 0 Å². The highest BCUT2D eigenvalue weighted by molar-refractivity contribution is 5.43. The first kappa shape index (κ1) is 13.9. The highest BCUT2D eigenvalue weighted by Crippen LogP contribution is 2.29. The van der Waals surface area contributed by atoms with Crippen LogP contribution < -0.4 is 0 Å². The van der Waals surface area contributed by atoms with Gasteiger partial charge in [0.1, 0.15) is 0 Å². The van der Waals surface area contributed by atoms with Crippen molar-refractivity contribution in [3.05, 3.63) is 70.9 Å². The zero-order valence-electron chi connectivity index (χ0n) is 12.2. The Hall–Kier alpha value is -1.56. The second-order valence-electron chi connectivity index (χ2n) is 5.14. The van der Waals surface area contributed by atoms with Crippen molar-refractivity contribution < 1.29 is 0 Å². The normalized spacial score (nSPS) is 20.3. The maximum Gasteiger partial charge on any atom is -0.0236 e. The van der Waals surface area contributed by atoms with E-state index in [0.29, 0.717) is 0 Å². The zero-order chi connectivity index (χ0) is 13.5. The fraction of sp³-hybridized carbons (Fsp3) is 0.368. The van der Waals surface area contributed by atoms with E-state index in [1.54, 1.807) is 0 Å². The summed E-state index contributed by atoms with van der Waals surface area (Å²) in [5, 5.41) is 0. The van der Waals surface area contributed by atoms with Crippen LogP contribution in [0.4, 0.5) is 0 Å². The summed E-state index contributed by atoms with van der Waals surface area (Å²) in [4.78, 5) is 0. The lowest BCUT2D eigenvalue weighted by atomic mass is 9.89. The monoisotopic (exact) mass is 252 g/mol. The summed E-state index contributed by atoms with van der Waals surface area (Å²) in [7, 11) is 0. The van der Waals surface area contributed by atoms with Gasteiger partial charge in [0.2, 0.25) is 0 Å². The van der Waals surface area contributed by atoms with Crippen molar-refractivity contribution in [2.75, 3.05) is 0 Å². The summed E-state index contributed by atoms with van der Waals surface area (Å²) in [5.41, 5.74) is 5.92. The summed E-state index contributed by atoms with van der Waals surface area (Å²) in [6.45, 7) is 4.31. The summed E-state index contributed by atoms with van der Waals surface area (Å²) in [5.74, 6) is 0. The lowest BCUT2D eigenvalue weighted by Gasteiger charge is -2.17. The first-order valence-electron chi connectivity index (χ1n) is 7.42. The Kier molecular flexibility index (Phi) is 5.20. The van der Waals surface area contributed by atoms with Crippen molar-refractivity contribution in [1.29, 1.82) is 0 Å². The van der Waals surface area contributed by atoms with Gasteiger partial charge in [0.15, 0.2) is 0 Å². The molecule has 0 aliphatic heterocycles. The Bertz CT molecular complexity index is 490. The van der Waals surface area contributed by atoms with Crippen LogP contribution in [0.25, 0.3) is 0 Å². The van der Waals surface area contributed by atoms with Gasteiger partial charge in [-0.2, -0.15) is 0 Å². The molecule has 0 amide bonds. The molecule has 0 heterocycles. The van der Waals surface area contributed by atoms with E-state index in [1.807, 2.05) is 0 Å². The Morgan fingerprint density at radius 3 is 2.53 bits per heavy atom. The number of allylic oxidation sites excluding steroid dienone is 12. The van der Waals surface area contributed by atoms with E-state index in [-0.39, 0.29) is 0 Å². The highest BCUT2D eigenvalue weighted by Gasteiger charge is 2.09. The molecule has 2 aliphatic carbocycles. The van der Waals surface area contributed by atoms with Crippen molar-refractivity contribution in [2.45, 2.75) is 46.0 Å². The van der Waals surface area contributed by atoms with Gasteiger partial charge in [-0.15, -0.1) is 0 Å². The summed E-state index contributed by atoms with van der Waals surface area (Å²) in [6, 6.07) is 0.